The van der Waals surface area contributed by atoms with Gasteiger partial charge in [-0.25, -0.2) is 0 Å². The van der Waals surface area contributed by atoms with Crippen LogP contribution in [0.5, 0.6) is 5.75 Å². The van der Waals surface area contributed by atoms with Gasteiger partial charge < -0.3 is 34.1 Å². The van der Waals surface area contributed by atoms with Gasteiger partial charge >= 0.3 is 0 Å². The molecule has 0 aliphatic heterocycles. The second-order valence-corrected chi connectivity index (χ2v) is 32.2. The van der Waals surface area contributed by atoms with Crippen molar-refractivity contribution in [3.63, 3.8) is 0 Å². The van der Waals surface area contributed by atoms with Gasteiger partial charge in [0.1, 0.15) is 5.75 Å². The van der Waals surface area contributed by atoms with Crippen molar-refractivity contribution >= 4 is 161 Å². The van der Waals surface area contributed by atoms with Gasteiger partial charge in [-0.15, -0.1) is 0 Å². The fourth-order valence-corrected chi connectivity index (χ4v) is 17.6. The summed E-state index contributed by atoms with van der Waals surface area (Å²) in [7, 11) is 7.65. The molecule has 0 aliphatic carbocycles. The van der Waals surface area contributed by atoms with Gasteiger partial charge in [0.2, 0.25) is 0 Å². The lowest BCUT2D eigenvalue weighted by molar-refractivity contribution is -0.385. The number of hydrogen-bond acceptors (Lipinski definition) is 11. The highest BCUT2D eigenvalue weighted by Gasteiger charge is 2.24. The average Bonchev–Trinajstić information content (AvgIpc) is 0.768. The molecule has 131 heavy (non-hydrogen) atoms. The number of ether oxygens (including phenoxy) is 1. The number of non-ortho nitro benzene ring substituents is 2. The van der Waals surface area contributed by atoms with Crippen LogP contribution >= 0.6 is 0 Å². The van der Waals surface area contributed by atoms with Crippen LogP contribution in [0.2, 0.25) is 0 Å². The van der Waals surface area contributed by atoms with Crippen molar-refractivity contribution in [3.05, 3.63) is 493 Å². The van der Waals surface area contributed by atoms with E-state index in [1.807, 2.05) is 60.3 Å². The van der Waals surface area contributed by atoms with Crippen LogP contribution in [0.25, 0.3) is 98.0 Å². The lowest BCUT2D eigenvalue weighted by Gasteiger charge is -2.28. The van der Waals surface area contributed by atoms with Crippen LogP contribution in [0, 0.1) is 20.2 Å². The first-order chi connectivity index (χ1) is 64.3. The highest BCUT2D eigenvalue weighted by molar-refractivity contribution is 6.08. The predicted molar refractivity (Wildman–Crippen MR) is 548 cm³/mol. The maximum absolute atomic E-state index is 11.2. The minimum Gasteiger partial charge on any atom is -0.497 e. The molecule has 632 valence electrons. The molecule has 13 nitrogen and oxygen atoms in total. The summed E-state index contributed by atoms with van der Waals surface area (Å²) in [6.07, 6.45) is 0. The van der Waals surface area contributed by atoms with Crippen LogP contribution in [-0.4, -0.2) is 38.1 Å². The molecule has 21 aromatic carbocycles. The zero-order valence-electron chi connectivity index (χ0n) is 72.7. The van der Waals surface area contributed by atoms with Crippen molar-refractivity contribution in [3.8, 4) is 39.1 Å². The topological polar surface area (TPSA) is 115 Å². The number of fused-ring (bicyclic) bond motifs is 6. The summed E-state index contributed by atoms with van der Waals surface area (Å²) >= 11 is 0. The summed E-state index contributed by atoms with van der Waals surface area (Å²) in [5, 5.41) is 36.7. The van der Waals surface area contributed by atoms with E-state index in [4.69, 9.17) is 4.74 Å². The molecule has 21 aromatic rings. The summed E-state index contributed by atoms with van der Waals surface area (Å²) < 4.78 is 5.41. The number of anilines is 15. The molecule has 21 rings (SSSR count). The number of nitro benzene ring substituents is 2. The minimum atomic E-state index is -0.382. The summed E-state index contributed by atoms with van der Waals surface area (Å²) in [4.78, 5) is 34.7. The van der Waals surface area contributed by atoms with Crippen molar-refractivity contribution in [1.29, 1.82) is 0 Å². The van der Waals surface area contributed by atoms with E-state index in [-0.39, 0.29) is 21.2 Å². The largest absolute Gasteiger partial charge is 0.497 e. The second-order valence-electron chi connectivity index (χ2n) is 32.2. The van der Waals surface area contributed by atoms with Crippen LogP contribution in [0.15, 0.2) is 473 Å². The van der Waals surface area contributed by atoms with Gasteiger partial charge in [-0.3, -0.25) is 20.2 Å². The monoisotopic (exact) mass is 1700 g/mol. The zero-order valence-corrected chi connectivity index (χ0v) is 72.7. The maximum Gasteiger partial charge on any atom is 0.271 e. The van der Waals surface area contributed by atoms with Crippen molar-refractivity contribution in [1.82, 2.24) is 0 Å². The first-order valence-electron chi connectivity index (χ1n) is 43.6. The van der Waals surface area contributed by atoms with E-state index in [0.717, 1.165) is 113 Å². The Morgan fingerprint density at radius 1 is 0.198 bits per heavy atom. The fourth-order valence-electron chi connectivity index (χ4n) is 17.6. The Bertz CT molecular complexity index is 7440. The number of methoxy groups -OCH3 is 1. The molecule has 0 aromatic heterocycles. The number of benzene rings is 21. The van der Waals surface area contributed by atoms with Gasteiger partial charge in [-0.1, -0.05) is 303 Å². The second kappa shape index (κ2) is 37.4. The van der Waals surface area contributed by atoms with Crippen molar-refractivity contribution in [2.75, 3.05) is 57.7 Å². The third kappa shape index (κ3) is 17.5. The van der Waals surface area contributed by atoms with Crippen LogP contribution < -0.4 is 34.1 Å². The molecule has 0 bridgehead atoms. The standard InChI is InChI=1S/C40H32N2O.2C39H29N3O2/c1-41(35-14-9-15-36(28-35)43-2)33-24-20-29(21-25-33)30-22-26-34(27-23-30)42(39-18-7-12-31-10-3-5-16-37(31)39)40-19-8-13-32-11-4-6-17-38(32)40;1-40(34-13-8-14-35(27-34)42(43)44)32-23-19-28(20-24-32)29-21-25-33(26-22-29)41(38-17-6-11-30-9-2-4-15-36(30)38)39-18-7-12-31-10-3-5-16-37(31)39;1-40(33-24-26-35(27-25-33)42(43)44)32-20-16-28(17-21-32)29-18-22-34(23-19-29)41(38-14-6-10-30-8-2-4-12-36(30)38)39-15-7-11-31-9-3-5-13-37(31)39/h3-28H,1-2H3;2*2-27H,1H3. The summed E-state index contributed by atoms with van der Waals surface area (Å²) in [5.41, 5.74) is 22.8. The maximum atomic E-state index is 11.2. The molecule has 0 heterocycles. The van der Waals surface area contributed by atoms with Crippen LogP contribution in [0.3, 0.4) is 0 Å². The van der Waals surface area contributed by atoms with Gasteiger partial charge in [0.15, 0.2) is 0 Å². The molecule has 0 saturated heterocycles. The van der Waals surface area contributed by atoms with Gasteiger partial charge in [0.25, 0.3) is 11.4 Å². The van der Waals surface area contributed by atoms with Gasteiger partial charge in [0, 0.05) is 135 Å². The molecular weight excluding hydrogens is 1610 g/mol. The molecule has 0 unspecified atom stereocenters. The normalized spacial score (nSPS) is 11.0. The molecule has 0 amide bonds. The highest BCUT2D eigenvalue weighted by atomic mass is 16.6. The van der Waals surface area contributed by atoms with E-state index in [9.17, 15) is 20.2 Å². The van der Waals surface area contributed by atoms with E-state index in [0.29, 0.717) is 0 Å². The van der Waals surface area contributed by atoms with Gasteiger partial charge in [-0.2, -0.15) is 0 Å². The van der Waals surface area contributed by atoms with Crippen LogP contribution in [0.4, 0.5) is 96.7 Å². The van der Waals surface area contributed by atoms with Crippen LogP contribution in [-0.2, 0) is 0 Å². The molecular formula is C118H90N8O5. The van der Waals surface area contributed by atoms with Crippen molar-refractivity contribution in [2.24, 2.45) is 0 Å². The summed E-state index contributed by atoms with van der Waals surface area (Å²) in [6.45, 7) is 0. The molecule has 13 heteroatoms. The molecule has 0 saturated carbocycles. The Kier molecular flexibility index (Phi) is 23.7. The van der Waals surface area contributed by atoms with E-state index < -0.39 is 0 Å². The lowest BCUT2D eigenvalue weighted by Crippen LogP contribution is -2.11. The Hall–Kier alpha value is -17.4. The molecule has 0 radical (unpaired) electrons. The van der Waals surface area contributed by atoms with E-state index >= 15 is 0 Å². The average molecular weight is 1700 g/mol. The minimum absolute atomic E-state index is 0.0760. The van der Waals surface area contributed by atoms with Crippen molar-refractivity contribution < 1.29 is 14.6 Å². The lowest BCUT2D eigenvalue weighted by atomic mass is 10.0. The Morgan fingerprint density at radius 3 is 0.656 bits per heavy atom. The van der Waals surface area contributed by atoms with Gasteiger partial charge in [0.05, 0.1) is 51.1 Å². The molecule has 0 fully saturated rings. The van der Waals surface area contributed by atoms with E-state index in [1.165, 1.54) is 94.0 Å². The number of nitro groups is 2. The molecule has 0 spiro atoms. The zero-order chi connectivity index (χ0) is 89.3. The van der Waals surface area contributed by atoms with Crippen LogP contribution in [0.1, 0.15) is 0 Å². The molecule has 0 N–H and O–H groups in total. The number of hydrogen-bond donors (Lipinski definition) is 0. The smallest absolute Gasteiger partial charge is 0.271 e. The summed E-state index contributed by atoms with van der Waals surface area (Å²) in [6, 6.07) is 163. The quantitative estimate of drug-likeness (QED) is 0.0506. The third-order valence-corrected chi connectivity index (χ3v) is 24.5. The van der Waals surface area contributed by atoms with E-state index in [1.54, 1.807) is 31.4 Å². The Labute approximate surface area is 761 Å². The first kappa shape index (κ1) is 83.1. The SMILES string of the molecule is CN(c1ccc(-c2ccc(N(c3cccc4ccccc34)c3cccc4ccccc34)cc2)cc1)c1ccc([N+](=O)[O-])cc1.CN(c1ccc(-c2ccc(N(c3cccc4ccccc34)c3cccc4ccccc34)cc2)cc1)c1cccc([N+](=O)[O-])c1.COc1cccc(N(C)c2ccc(-c3ccc(N(c4cccc5ccccc45)c4cccc5ccccc45)cc3)cc2)c1. The third-order valence-electron chi connectivity index (χ3n) is 24.5. The number of nitrogens with zero attached hydrogens (tertiary/aromatic N) is 8. The van der Waals surface area contributed by atoms with Gasteiger partial charge in [-0.05, 0) is 205 Å². The van der Waals surface area contributed by atoms with E-state index in [2.05, 4.69) is 421 Å². The predicted octanol–water partition coefficient (Wildman–Crippen LogP) is 32.5. The summed E-state index contributed by atoms with van der Waals surface area (Å²) in [5.74, 6) is 0.849. The number of rotatable bonds is 21. The Morgan fingerprint density at radius 2 is 0.405 bits per heavy atom. The fraction of sp³-hybridized carbons (Fsp3) is 0.0339. The molecule has 0 aliphatic rings. The molecule has 0 atom stereocenters. The first-order valence-corrected chi connectivity index (χ1v) is 43.6. The Balaban J connectivity index is 0.000000127. The highest BCUT2D eigenvalue weighted by Crippen LogP contribution is 2.48. The van der Waals surface area contributed by atoms with Crippen molar-refractivity contribution in [2.45, 2.75) is 0 Å².